The summed E-state index contributed by atoms with van der Waals surface area (Å²) in [5.41, 5.74) is 3.05. The van der Waals surface area contributed by atoms with E-state index < -0.39 is 5.97 Å². The minimum absolute atomic E-state index is 0.129. The SMILES string of the molecule is COc1ccc(C(=O)Oc2ccc(C(=O)C=Cc3ccc(C(C)C)cc3)cc2)cc1OC. The smallest absolute Gasteiger partial charge is 0.343 e. The molecule has 0 bridgehead atoms. The van der Waals surface area contributed by atoms with Crippen LogP contribution in [-0.4, -0.2) is 26.0 Å². The van der Waals surface area contributed by atoms with Crippen molar-refractivity contribution in [1.82, 2.24) is 0 Å². The van der Waals surface area contributed by atoms with Crippen molar-refractivity contribution >= 4 is 17.8 Å². The van der Waals surface area contributed by atoms with Crippen molar-refractivity contribution in [1.29, 1.82) is 0 Å². The molecule has 0 spiro atoms. The van der Waals surface area contributed by atoms with E-state index >= 15 is 0 Å². The minimum atomic E-state index is -0.533. The summed E-state index contributed by atoms with van der Waals surface area (Å²) in [6, 6.07) is 19.4. The molecule has 0 unspecified atom stereocenters. The summed E-state index contributed by atoms with van der Waals surface area (Å²) in [5.74, 6) is 1.11. The molecule has 164 valence electrons. The number of carbonyl (C=O) groups is 2. The molecule has 0 aliphatic rings. The summed E-state index contributed by atoms with van der Waals surface area (Å²) in [6.45, 7) is 4.28. The quantitative estimate of drug-likeness (QED) is 0.191. The van der Waals surface area contributed by atoms with Crippen molar-refractivity contribution in [2.75, 3.05) is 14.2 Å². The number of hydrogen-bond donors (Lipinski definition) is 0. The van der Waals surface area contributed by atoms with E-state index in [0.717, 1.165) is 5.56 Å². The lowest BCUT2D eigenvalue weighted by atomic mass is 10.0. The van der Waals surface area contributed by atoms with Crippen LogP contribution in [0.3, 0.4) is 0 Å². The highest BCUT2D eigenvalue weighted by Gasteiger charge is 2.13. The molecule has 0 aromatic heterocycles. The number of hydrogen-bond acceptors (Lipinski definition) is 5. The maximum Gasteiger partial charge on any atom is 0.343 e. The number of benzene rings is 3. The molecule has 5 heteroatoms. The molecule has 0 heterocycles. The highest BCUT2D eigenvalue weighted by atomic mass is 16.5. The molecular formula is C27H26O5. The van der Waals surface area contributed by atoms with Crippen LogP contribution in [-0.2, 0) is 0 Å². The first-order valence-corrected chi connectivity index (χ1v) is 10.3. The Morgan fingerprint density at radius 1 is 0.781 bits per heavy atom. The predicted octanol–water partition coefficient (Wildman–Crippen LogP) is 5.94. The maximum atomic E-state index is 12.5. The number of methoxy groups -OCH3 is 2. The normalized spacial score (nSPS) is 10.9. The summed E-state index contributed by atoms with van der Waals surface area (Å²) >= 11 is 0. The second kappa shape index (κ2) is 10.4. The van der Waals surface area contributed by atoms with E-state index in [1.54, 1.807) is 48.5 Å². The van der Waals surface area contributed by atoms with Gasteiger partial charge in [0.05, 0.1) is 19.8 Å². The molecule has 0 amide bonds. The average Bonchev–Trinajstić information content (AvgIpc) is 2.82. The second-order valence-corrected chi connectivity index (χ2v) is 7.50. The van der Waals surface area contributed by atoms with Gasteiger partial charge >= 0.3 is 5.97 Å². The number of carbonyl (C=O) groups excluding carboxylic acids is 2. The number of rotatable bonds is 8. The Kier molecular flexibility index (Phi) is 7.45. The summed E-state index contributed by atoms with van der Waals surface area (Å²) in [6.07, 6.45) is 3.33. The van der Waals surface area contributed by atoms with Crippen molar-refractivity contribution in [3.63, 3.8) is 0 Å². The Labute approximate surface area is 188 Å². The first-order valence-electron chi connectivity index (χ1n) is 10.3. The summed E-state index contributed by atoms with van der Waals surface area (Å²) in [5, 5.41) is 0. The van der Waals surface area contributed by atoms with E-state index in [0.29, 0.717) is 34.3 Å². The largest absolute Gasteiger partial charge is 0.493 e. The van der Waals surface area contributed by atoms with Gasteiger partial charge in [-0.3, -0.25) is 4.79 Å². The predicted molar refractivity (Wildman–Crippen MR) is 125 cm³/mol. The fourth-order valence-corrected chi connectivity index (χ4v) is 3.08. The molecule has 0 radical (unpaired) electrons. The molecule has 3 rings (SSSR count). The van der Waals surface area contributed by atoms with E-state index in [4.69, 9.17) is 14.2 Å². The Hall–Kier alpha value is -3.86. The van der Waals surface area contributed by atoms with Crippen molar-refractivity contribution in [2.24, 2.45) is 0 Å². The Bertz CT molecular complexity index is 1110. The standard InChI is InChI=1S/C27H26O5/c1-18(2)20-8-5-19(6-9-20)7-15-24(28)21-10-13-23(14-11-21)32-27(29)22-12-16-25(30-3)26(17-22)31-4/h5-18H,1-4H3. The third-order valence-electron chi connectivity index (χ3n) is 5.00. The van der Waals surface area contributed by atoms with E-state index in [9.17, 15) is 9.59 Å². The van der Waals surface area contributed by atoms with Crippen molar-refractivity contribution in [3.8, 4) is 17.2 Å². The second-order valence-electron chi connectivity index (χ2n) is 7.50. The van der Waals surface area contributed by atoms with Gasteiger partial charge in [0.25, 0.3) is 0 Å². The monoisotopic (exact) mass is 430 g/mol. The highest BCUT2D eigenvalue weighted by molar-refractivity contribution is 6.06. The van der Waals surface area contributed by atoms with Crippen LogP contribution in [0.25, 0.3) is 6.08 Å². The van der Waals surface area contributed by atoms with Gasteiger partial charge in [0.2, 0.25) is 0 Å². The summed E-state index contributed by atoms with van der Waals surface area (Å²) in [7, 11) is 3.02. The van der Waals surface area contributed by atoms with Gasteiger partial charge in [-0.25, -0.2) is 4.79 Å². The number of esters is 1. The lowest BCUT2D eigenvalue weighted by Gasteiger charge is -2.09. The van der Waals surface area contributed by atoms with Gasteiger partial charge < -0.3 is 14.2 Å². The molecule has 0 saturated carbocycles. The molecule has 3 aromatic carbocycles. The molecule has 0 aliphatic carbocycles. The molecule has 0 atom stereocenters. The number of ether oxygens (including phenoxy) is 3. The zero-order valence-electron chi connectivity index (χ0n) is 18.6. The molecule has 3 aromatic rings. The average molecular weight is 431 g/mol. The van der Waals surface area contributed by atoms with Crippen molar-refractivity contribution in [3.05, 3.63) is 95.1 Å². The highest BCUT2D eigenvalue weighted by Crippen LogP contribution is 2.28. The van der Waals surface area contributed by atoms with Crippen molar-refractivity contribution in [2.45, 2.75) is 19.8 Å². The zero-order chi connectivity index (χ0) is 23.1. The topological polar surface area (TPSA) is 61.8 Å². The minimum Gasteiger partial charge on any atom is -0.493 e. The van der Waals surface area contributed by atoms with Gasteiger partial charge in [-0.1, -0.05) is 44.2 Å². The van der Waals surface area contributed by atoms with Gasteiger partial charge in [0.15, 0.2) is 17.3 Å². The summed E-state index contributed by atoms with van der Waals surface area (Å²) in [4.78, 5) is 24.9. The Balaban J connectivity index is 1.64. The van der Waals surface area contributed by atoms with Crippen LogP contribution >= 0.6 is 0 Å². The van der Waals surface area contributed by atoms with Crippen LogP contribution in [0.15, 0.2) is 72.8 Å². The van der Waals surface area contributed by atoms with Crippen LogP contribution in [0.2, 0.25) is 0 Å². The van der Waals surface area contributed by atoms with E-state index in [-0.39, 0.29) is 5.78 Å². The number of ketones is 1. The first kappa shape index (κ1) is 22.8. The molecule has 5 nitrogen and oxygen atoms in total. The zero-order valence-corrected chi connectivity index (χ0v) is 18.6. The van der Waals surface area contributed by atoms with Crippen LogP contribution < -0.4 is 14.2 Å². The van der Waals surface area contributed by atoms with Gasteiger partial charge in [-0.05, 0) is 65.6 Å². The molecular weight excluding hydrogens is 404 g/mol. The summed E-state index contributed by atoms with van der Waals surface area (Å²) < 4.78 is 15.8. The van der Waals surface area contributed by atoms with Crippen LogP contribution in [0, 0.1) is 0 Å². The third-order valence-corrected chi connectivity index (χ3v) is 5.00. The van der Waals surface area contributed by atoms with Gasteiger partial charge in [-0.15, -0.1) is 0 Å². The first-order chi connectivity index (χ1) is 15.4. The molecule has 32 heavy (non-hydrogen) atoms. The van der Waals surface area contributed by atoms with Crippen molar-refractivity contribution < 1.29 is 23.8 Å². The van der Waals surface area contributed by atoms with E-state index in [1.807, 2.05) is 12.1 Å². The lowest BCUT2D eigenvalue weighted by molar-refractivity contribution is 0.0734. The molecule has 0 aliphatic heterocycles. The fourth-order valence-electron chi connectivity index (χ4n) is 3.08. The van der Waals surface area contributed by atoms with Gasteiger partial charge in [0, 0.05) is 5.56 Å². The van der Waals surface area contributed by atoms with Gasteiger partial charge in [-0.2, -0.15) is 0 Å². The molecule has 0 fully saturated rings. The van der Waals surface area contributed by atoms with E-state index in [2.05, 4.69) is 26.0 Å². The Morgan fingerprint density at radius 3 is 2.00 bits per heavy atom. The van der Waals surface area contributed by atoms with Crippen LogP contribution in [0.4, 0.5) is 0 Å². The maximum absolute atomic E-state index is 12.5. The molecule has 0 N–H and O–H groups in total. The van der Waals surface area contributed by atoms with Crippen LogP contribution in [0.5, 0.6) is 17.2 Å². The fraction of sp³-hybridized carbons (Fsp3) is 0.185. The number of allylic oxidation sites excluding steroid dienone is 1. The van der Waals surface area contributed by atoms with Crippen LogP contribution in [0.1, 0.15) is 51.6 Å². The van der Waals surface area contributed by atoms with E-state index in [1.165, 1.54) is 25.9 Å². The lowest BCUT2D eigenvalue weighted by Crippen LogP contribution is -2.09. The molecule has 0 saturated heterocycles. The van der Waals surface area contributed by atoms with Gasteiger partial charge in [0.1, 0.15) is 5.75 Å². The Morgan fingerprint density at radius 2 is 1.41 bits per heavy atom. The third kappa shape index (κ3) is 5.64.